The molecular weight excluding hydrogens is 498 g/mol. The van der Waals surface area contributed by atoms with Gasteiger partial charge in [-0.25, -0.2) is 14.8 Å². The number of carbonyl (C=O) groups is 2. The highest BCUT2D eigenvalue weighted by atomic mass is 16.5. The van der Waals surface area contributed by atoms with E-state index >= 15 is 0 Å². The number of rotatable bonds is 7. The summed E-state index contributed by atoms with van der Waals surface area (Å²) in [6, 6.07) is 16.7. The minimum Gasteiger partial charge on any atom is -0.489 e. The molecule has 1 aliphatic heterocycles. The van der Waals surface area contributed by atoms with Crippen LogP contribution in [0.3, 0.4) is 0 Å². The van der Waals surface area contributed by atoms with Gasteiger partial charge in [-0.05, 0) is 48.9 Å². The summed E-state index contributed by atoms with van der Waals surface area (Å²) in [6.07, 6.45) is 2.57. The van der Waals surface area contributed by atoms with Crippen molar-refractivity contribution in [3.63, 3.8) is 0 Å². The molecule has 1 saturated heterocycles. The average Bonchev–Trinajstić information content (AvgIpc) is 3.42. The number of H-pyrrole nitrogens is 1. The van der Waals surface area contributed by atoms with E-state index in [1.54, 1.807) is 42.2 Å². The minimum atomic E-state index is -0.496. The molecule has 0 saturated carbocycles. The standard InChI is InChI=1S/C29H27N5O5/c1-2-38-29(37)20-5-3-4-18(12-20)24-14-23-27(31-17-32-28(23)33-24)19-6-7-25(21(13-19)15-30)39-22-8-10-34(11-9-22)26(36)16-35/h3-7,12-14,17,22,35H,2,8-11,16H2,1H3,(H,31,32,33). The van der Waals surface area contributed by atoms with E-state index < -0.39 is 6.61 Å². The van der Waals surface area contributed by atoms with Crippen LogP contribution in [0.2, 0.25) is 0 Å². The van der Waals surface area contributed by atoms with E-state index in [0.717, 1.165) is 22.2 Å². The first-order chi connectivity index (χ1) is 19.0. The number of piperidine rings is 1. The maximum atomic E-state index is 12.2. The molecule has 10 heteroatoms. The van der Waals surface area contributed by atoms with Gasteiger partial charge in [-0.3, -0.25) is 4.79 Å². The molecule has 0 aliphatic carbocycles. The van der Waals surface area contributed by atoms with E-state index in [9.17, 15) is 14.9 Å². The maximum absolute atomic E-state index is 12.2. The summed E-state index contributed by atoms with van der Waals surface area (Å²) in [5.74, 6) is -0.193. The molecule has 0 unspecified atom stereocenters. The first kappa shape index (κ1) is 25.9. The number of fused-ring (bicyclic) bond motifs is 1. The lowest BCUT2D eigenvalue weighted by atomic mass is 10.0. The molecule has 10 nitrogen and oxygen atoms in total. The zero-order valence-corrected chi connectivity index (χ0v) is 21.4. The van der Waals surface area contributed by atoms with Gasteiger partial charge in [0, 0.05) is 42.6 Å². The van der Waals surface area contributed by atoms with E-state index in [1.165, 1.54) is 6.33 Å². The Bertz CT molecular complexity index is 1570. The number of nitrogens with zero attached hydrogens (tertiary/aromatic N) is 4. The van der Waals surface area contributed by atoms with Gasteiger partial charge in [-0.2, -0.15) is 5.26 Å². The van der Waals surface area contributed by atoms with Gasteiger partial charge in [0.2, 0.25) is 5.91 Å². The Kier molecular flexibility index (Phi) is 7.52. The minimum absolute atomic E-state index is 0.131. The maximum Gasteiger partial charge on any atom is 0.338 e. The number of aromatic nitrogens is 3. The third kappa shape index (κ3) is 5.44. The monoisotopic (exact) mass is 525 g/mol. The zero-order chi connectivity index (χ0) is 27.4. The van der Waals surface area contributed by atoms with Crippen LogP contribution in [0.15, 0.2) is 54.9 Å². The number of aromatic amines is 1. The molecule has 1 fully saturated rings. The first-order valence-corrected chi connectivity index (χ1v) is 12.7. The van der Waals surface area contributed by atoms with Gasteiger partial charge in [-0.15, -0.1) is 0 Å². The smallest absolute Gasteiger partial charge is 0.338 e. The highest BCUT2D eigenvalue weighted by Crippen LogP contribution is 2.33. The number of aliphatic hydroxyl groups is 1. The molecule has 0 radical (unpaired) electrons. The predicted octanol–water partition coefficient (Wildman–Crippen LogP) is 3.70. The van der Waals surface area contributed by atoms with E-state index in [0.29, 0.717) is 60.8 Å². The van der Waals surface area contributed by atoms with Crippen molar-refractivity contribution >= 4 is 22.9 Å². The summed E-state index contributed by atoms with van der Waals surface area (Å²) in [7, 11) is 0. The number of hydrogen-bond donors (Lipinski definition) is 2. The molecule has 5 rings (SSSR count). The molecule has 39 heavy (non-hydrogen) atoms. The summed E-state index contributed by atoms with van der Waals surface area (Å²) < 4.78 is 11.2. The van der Waals surface area contributed by atoms with Crippen LogP contribution in [0, 0.1) is 11.3 Å². The average molecular weight is 526 g/mol. The Hall–Kier alpha value is -4.75. The number of ether oxygens (including phenoxy) is 2. The number of carbonyl (C=O) groups excluding carboxylic acids is 2. The van der Waals surface area contributed by atoms with Crippen molar-refractivity contribution in [3.8, 4) is 34.3 Å². The SMILES string of the molecule is CCOC(=O)c1cccc(-c2cc3c(-c4ccc(OC5CCN(C(=O)CO)CC5)c(C#N)c4)ncnc3[nH]2)c1. The molecule has 2 N–H and O–H groups in total. The van der Waals surface area contributed by atoms with Crippen molar-refractivity contribution < 1.29 is 24.2 Å². The van der Waals surface area contributed by atoms with Gasteiger partial charge < -0.3 is 24.5 Å². The van der Waals surface area contributed by atoms with Crippen molar-refractivity contribution in [2.45, 2.75) is 25.9 Å². The second kappa shape index (κ2) is 11.3. The van der Waals surface area contributed by atoms with Gasteiger partial charge in [0.15, 0.2) is 0 Å². The second-order valence-corrected chi connectivity index (χ2v) is 9.15. The Morgan fingerprint density at radius 2 is 1.95 bits per heavy atom. The third-order valence-corrected chi connectivity index (χ3v) is 6.71. The number of likely N-dealkylation sites (tertiary alicyclic amines) is 1. The second-order valence-electron chi connectivity index (χ2n) is 9.15. The summed E-state index contributed by atoms with van der Waals surface area (Å²) >= 11 is 0. The van der Waals surface area contributed by atoms with E-state index in [1.807, 2.05) is 18.2 Å². The number of nitriles is 1. The van der Waals surface area contributed by atoms with Crippen LogP contribution in [0.5, 0.6) is 5.75 Å². The van der Waals surface area contributed by atoms with Gasteiger partial charge in [0.05, 0.1) is 23.4 Å². The van der Waals surface area contributed by atoms with Gasteiger partial charge in [0.25, 0.3) is 0 Å². The van der Waals surface area contributed by atoms with Crippen LogP contribution in [0.25, 0.3) is 33.5 Å². The molecule has 0 atom stereocenters. The van der Waals surface area contributed by atoms with Crippen molar-refractivity contribution in [1.29, 1.82) is 5.26 Å². The fourth-order valence-electron chi connectivity index (χ4n) is 4.72. The molecule has 1 amide bonds. The molecule has 3 heterocycles. The third-order valence-electron chi connectivity index (χ3n) is 6.71. The number of esters is 1. The molecule has 1 aliphatic rings. The van der Waals surface area contributed by atoms with Crippen molar-refractivity contribution in [2.75, 3.05) is 26.3 Å². The van der Waals surface area contributed by atoms with Crippen LogP contribution in [-0.4, -0.2) is 69.2 Å². The zero-order valence-electron chi connectivity index (χ0n) is 21.4. The first-order valence-electron chi connectivity index (χ1n) is 12.7. The molecule has 2 aromatic heterocycles. The summed E-state index contributed by atoms with van der Waals surface area (Å²) in [5.41, 5.74) is 4.43. The Morgan fingerprint density at radius 3 is 2.69 bits per heavy atom. The number of nitrogens with one attached hydrogen (secondary N) is 1. The van der Waals surface area contributed by atoms with Gasteiger partial charge in [-0.1, -0.05) is 12.1 Å². The van der Waals surface area contributed by atoms with Crippen molar-refractivity contribution in [2.24, 2.45) is 0 Å². The lowest BCUT2D eigenvalue weighted by Gasteiger charge is -2.32. The van der Waals surface area contributed by atoms with Crippen LogP contribution >= 0.6 is 0 Å². The lowest BCUT2D eigenvalue weighted by Crippen LogP contribution is -2.42. The number of aliphatic hydroxyl groups excluding tert-OH is 1. The van der Waals surface area contributed by atoms with E-state index in [4.69, 9.17) is 14.6 Å². The normalized spacial score (nSPS) is 13.7. The summed E-state index contributed by atoms with van der Waals surface area (Å²) in [6.45, 7) is 2.57. The molecule has 0 spiro atoms. The topological polar surface area (TPSA) is 141 Å². The quantitative estimate of drug-likeness (QED) is 0.348. The fraction of sp³-hybridized carbons (Fsp3) is 0.276. The fourth-order valence-corrected chi connectivity index (χ4v) is 4.72. The number of benzene rings is 2. The van der Waals surface area contributed by atoms with Gasteiger partial charge in [0.1, 0.15) is 36.5 Å². The van der Waals surface area contributed by atoms with Gasteiger partial charge >= 0.3 is 5.97 Å². The van der Waals surface area contributed by atoms with E-state index in [-0.39, 0.29) is 18.0 Å². The van der Waals surface area contributed by atoms with Crippen LogP contribution in [-0.2, 0) is 9.53 Å². The summed E-state index contributed by atoms with van der Waals surface area (Å²) in [5, 5.41) is 19.7. The molecule has 0 bridgehead atoms. The van der Waals surface area contributed by atoms with Crippen molar-refractivity contribution in [3.05, 3.63) is 66.0 Å². The number of hydrogen-bond acceptors (Lipinski definition) is 8. The Labute approximate surface area is 224 Å². The van der Waals surface area contributed by atoms with E-state index in [2.05, 4.69) is 21.0 Å². The molecule has 198 valence electrons. The highest BCUT2D eigenvalue weighted by molar-refractivity contribution is 5.95. The Balaban J connectivity index is 1.40. The largest absolute Gasteiger partial charge is 0.489 e. The molecular formula is C29H27N5O5. The van der Waals surface area contributed by atoms with Crippen LogP contribution in [0.1, 0.15) is 35.7 Å². The highest BCUT2D eigenvalue weighted by Gasteiger charge is 2.24. The Morgan fingerprint density at radius 1 is 1.13 bits per heavy atom. The van der Waals surface area contributed by atoms with Crippen LogP contribution < -0.4 is 4.74 Å². The number of amides is 1. The van der Waals surface area contributed by atoms with Crippen LogP contribution in [0.4, 0.5) is 0 Å². The predicted molar refractivity (Wildman–Crippen MR) is 143 cm³/mol. The molecule has 4 aromatic rings. The summed E-state index contributed by atoms with van der Waals surface area (Å²) in [4.78, 5) is 37.7. The molecule has 2 aromatic carbocycles. The lowest BCUT2D eigenvalue weighted by molar-refractivity contribution is -0.135. The van der Waals surface area contributed by atoms with Crippen molar-refractivity contribution in [1.82, 2.24) is 19.9 Å².